The van der Waals surface area contributed by atoms with Gasteiger partial charge in [0.05, 0.1) is 12.7 Å². The zero-order chi connectivity index (χ0) is 21.1. The van der Waals surface area contributed by atoms with E-state index in [9.17, 15) is 4.79 Å². The lowest BCUT2D eigenvalue weighted by atomic mass is 10.0. The van der Waals surface area contributed by atoms with Crippen LogP contribution in [0, 0.1) is 0 Å². The Morgan fingerprint density at radius 3 is 2.90 bits per heavy atom. The minimum absolute atomic E-state index is 0.0616. The zero-order valence-corrected chi connectivity index (χ0v) is 18.3. The lowest BCUT2D eigenvalue weighted by Crippen LogP contribution is -2.39. The maximum absolute atomic E-state index is 12.9. The van der Waals surface area contributed by atoms with Crippen LogP contribution in [0.3, 0.4) is 0 Å². The molecule has 30 heavy (non-hydrogen) atoms. The average molecular weight is 426 g/mol. The summed E-state index contributed by atoms with van der Waals surface area (Å²) in [5.41, 5.74) is 2.10. The molecule has 3 aromatic rings. The molecule has 0 aliphatic carbocycles. The van der Waals surface area contributed by atoms with Gasteiger partial charge in [-0.3, -0.25) is 9.69 Å². The average Bonchev–Trinajstić information content (AvgIpc) is 3.14. The van der Waals surface area contributed by atoms with Gasteiger partial charge in [0.15, 0.2) is 0 Å². The second kappa shape index (κ2) is 9.07. The second-order valence-corrected chi connectivity index (χ2v) is 8.68. The molecule has 2 N–H and O–H groups in total. The number of carbonyl (C=O) groups excluding carboxylic acids is 1. The van der Waals surface area contributed by atoms with Crippen LogP contribution in [0.5, 0.6) is 0 Å². The highest BCUT2D eigenvalue weighted by Crippen LogP contribution is 2.37. The van der Waals surface area contributed by atoms with Gasteiger partial charge in [-0.2, -0.15) is 0 Å². The molecule has 4 rings (SSSR count). The number of fused-ring (bicyclic) bond motifs is 1. The van der Waals surface area contributed by atoms with Crippen LogP contribution in [0.2, 0.25) is 0 Å². The van der Waals surface area contributed by atoms with E-state index in [1.54, 1.807) is 12.4 Å². The number of anilines is 1. The van der Waals surface area contributed by atoms with Crippen molar-refractivity contribution in [1.29, 1.82) is 0 Å². The van der Waals surface area contributed by atoms with Crippen molar-refractivity contribution in [1.82, 2.24) is 20.2 Å². The maximum Gasteiger partial charge on any atom is 0.262 e. The van der Waals surface area contributed by atoms with Gasteiger partial charge in [-0.1, -0.05) is 12.1 Å². The monoisotopic (exact) mass is 425 g/mol. The van der Waals surface area contributed by atoms with E-state index < -0.39 is 0 Å². The molecule has 1 saturated heterocycles. The number of carbonyl (C=O) groups is 1. The summed E-state index contributed by atoms with van der Waals surface area (Å²) in [6, 6.07) is 8.06. The number of nitrogens with one attached hydrogen (secondary N) is 2. The number of amides is 1. The summed E-state index contributed by atoms with van der Waals surface area (Å²) in [5.74, 6) is 0.830. The third kappa shape index (κ3) is 4.30. The van der Waals surface area contributed by atoms with Crippen LogP contribution in [-0.4, -0.2) is 53.6 Å². The van der Waals surface area contributed by atoms with Gasteiger partial charge in [-0.15, -0.1) is 11.3 Å². The number of thiophene rings is 1. The molecule has 0 radical (unpaired) electrons. The van der Waals surface area contributed by atoms with E-state index in [1.165, 1.54) is 11.3 Å². The third-order valence-electron chi connectivity index (χ3n) is 5.13. The Morgan fingerprint density at radius 1 is 1.30 bits per heavy atom. The van der Waals surface area contributed by atoms with E-state index >= 15 is 0 Å². The van der Waals surface area contributed by atoms with Crippen LogP contribution in [0.25, 0.3) is 10.2 Å². The largest absolute Gasteiger partial charge is 0.373 e. The van der Waals surface area contributed by atoms with Crippen LogP contribution < -0.4 is 10.6 Å². The Labute approximate surface area is 180 Å². The van der Waals surface area contributed by atoms with Crippen molar-refractivity contribution >= 4 is 33.3 Å². The highest BCUT2D eigenvalue weighted by molar-refractivity contribution is 7.20. The lowest BCUT2D eigenvalue weighted by molar-refractivity contribution is -0.0322. The van der Waals surface area contributed by atoms with E-state index in [4.69, 9.17) is 4.74 Å². The Morgan fingerprint density at radius 2 is 2.10 bits per heavy atom. The molecule has 158 valence electrons. The molecule has 4 heterocycles. The van der Waals surface area contributed by atoms with Crippen LogP contribution in [0.15, 0.2) is 36.7 Å². The van der Waals surface area contributed by atoms with Gasteiger partial charge in [-0.25, -0.2) is 9.97 Å². The molecule has 0 spiro atoms. The van der Waals surface area contributed by atoms with Gasteiger partial charge in [0.1, 0.15) is 15.5 Å². The Kier molecular flexibility index (Phi) is 6.26. The molecule has 0 saturated carbocycles. The number of nitrogens with zero attached hydrogens (tertiary/aromatic N) is 3. The van der Waals surface area contributed by atoms with Gasteiger partial charge < -0.3 is 15.4 Å². The van der Waals surface area contributed by atoms with Crippen LogP contribution >= 0.6 is 11.3 Å². The van der Waals surface area contributed by atoms with Crippen molar-refractivity contribution in [2.75, 3.05) is 32.1 Å². The fourth-order valence-electron chi connectivity index (χ4n) is 3.82. The molecule has 7 nitrogen and oxygen atoms in total. The molecule has 1 unspecified atom stereocenters. The zero-order valence-electron chi connectivity index (χ0n) is 17.5. The van der Waals surface area contributed by atoms with Crippen LogP contribution in [0.4, 0.5) is 5.82 Å². The number of rotatable bonds is 6. The highest BCUT2D eigenvalue weighted by atomic mass is 32.1. The first-order chi connectivity index (χ1) is 14.6. The Bertz CT molecular complexity index is 1040. The quantitative estimate of drug-likeness (QED) is 0.630. The van der Waals surface area contributed by atoms with E-state index in [-0.39, 0.29) is 18.1 Å². The second-order valence-electron chi connectivity index (χ2n) is 7.68. The van der Waals surface area contributed by atoms with Crippen LogP contribution in [-0.2, 0) is 11.3 Å². The van der Waals surface area contributed by atoms with Gasteiger partial charge in [-0.05, 0) is 26.0 Å². The molecule has 1 amide bonds. The van der Waals surface area contributed by atoms with Gasteiger partial charge in [0, 0.05) is 61.6 Å². The minimum atomic E-state index is -0.181. The summed E-state index contributed by atoms with van der Waals surface area (Å²) >= 11 is 1.44. The predicted octanol–water partition coefficient (Wildman–Crippen LogP) is 3.44. The number of hydrogen-bond donors (Lipinski definition) is 2. The smallest absolute Gasteiger partial charge is 0.262 e. The maximum atomic E-state index is 12.9. The standard InChI is InChI=1S/C22H27N5O2S/c1-14(2)26-21(28)19-18(16-7-5-9-25-22(16)30-19)17-13-27(10-11-29-17)12-15-6-4-8-24-20(15)23-3/h4-9,14,17H,10-13H2,1-3H3,(H,23,24)(H,26,28). The molecule has 1 fully saturated rings. The van der Waals surface area contributed by atoms with E-state index in [2.05, 4.69) is 31.6 Å². The predicted molar refractivity (Wildman–Crippen MR) is 120 cm³/mol. The number of pyridine rings is 2. The molecular formula is C22H27N5O2S. The van der Waals surface area contributed by atoms with Crippen molar-refractivity contribution in [3.63, 3.8) is 0 Å². The van der Waals surface area contributed by atoms with E-state index in [1.807, 2.05) is 39.1 Å². The molecule has 1 aliphatic rings. The molecule has 1 atom stereocenters. The summed E-state index contributed by atoms with van der Waals surface area (Å²) < 4.78 is 6.18. The number of hydrogen-bond acceptors (Lipinski definition) is 7. The summed E-state index contributed by atoms with van der Waals surface area (Å²) in [4.78, 5) is 25.7. The van der Waals surface area contributed by atoms with Crippen LogP contribution in [0.1, 0.15) is 40.8 Å². The first-order valence-electron chi connectivity index (χ1n) is 10.2. The van der Waals surface area contributed by atoms with Gasteiger partial charge in [0.2, 0.25) is 0 Å². The molecule has 0 aromatic carbocycles. The van der Waals surface area contributed by atoms with E-state index in [0.29, 0.717) is 18.0 Å². The van der Waals surface area contributed by atoms with Crippen molar-refractivity contribution in [3.05, 3.63) is 52.7 Å². The molecule has 8 heteroatoms. The summed E-state index contributed by atoms with van der Waals surface area (Å²) in [6.45, 7) is 6.87. The van der Waals surface area contributed by atoms with Crippen molar-refractivity contribution in [2.45, 2.75) is 32.5 Å². The minimum Gasteiger partial charge on any atom is -0.373 e. The van der Waals surface area contributed by atoms with Gasteiger partial charge in [0.25, 0.3) is 5.91 Å². The lowest BCUT2D eigenvalue weighted by Gasteiger charge is -2.33. The molecule has 0 bridgehead atoms. The number of aromatic nitrogens is 2. The first-order valence-corrected chi connectivity index (χ1v) is 11.0. The fraction of sp³-hybridized carbons (Fsp3) is 0.409. The summed E-state index contributed by atoms with van der Waals surface area (Å²) in [7, 11) is 1.89. The third-order valence-corrected chi connectivity index (χ3v) is 6.25. The summed E-state index contributed by atoms with van der Waals surface area (Å²) in [6.07, 6.45) is 3.38. The first kappa shape index (κ1) is 20.7. The highest BCUT2D eigenvalue weighted by Gasteiger charge is 2.30. The normalized spacial score (nSPS) is 17.4. The Balaban J connectivity index is 1.63. The topological polar surface area (TPSA) is 79.4 Å². The van der Waals surface area contributed by atoms with Crippen molar-refractivity contribution < 1.29 is 9.53 Å². The van der Waals surface area contributed by atoms with Crippen molar-refractivity contribution in [3.8, 4) is 0 Å². The molecule has 3 aromatic heterocycles. The molecule has 1 aliphatic heterocycles. The van der Waals surface area contributed by atoms with Crippen molar-refractivity contribution in [2.24, 2.45) is 0 Å². The number of morpholine rings is 1. The fourth-order valence-corrected chi connectivity index (χ4v) is 4.92. The molecular weight excluding hydrogens is 398 g/mol. The summed E-state index contributed by atoms with van der Waals surface area (Å²) in [5, 5.41) is 7.19. The van der Waals surface area contributed by atoms with E-state index in [0.717, 1.165) is 40.3 Å². The Hall–Kier alpha value is -2.55. The van der Waals surface area contributed by atoms with Gasteiger partial charge >= 0.3 is 0 Å². The number of ether oxygens (including phenoxy) is 1. The SMILES string of the molecule is CNc1ncccc1CN1CCOC(c2c(C(=O)NC(C)C)sc3ncccc23)C1.